The summed E-state index contributed by atoms with van der Waals surface area (Å²) in [5, 5.41) is 3.21. The fraction of sp³-hybridized carbons (Fsp3) is 0.500. The van der Waals surface area contributed by atoms with Gasteiger partial charge >= 0.3 is 0 Å². The number of carbonyl (C=O) groups excluding carboxylic acids is 3. The highest BCUT2D eigenvalue weighted by Crippen LogP contribution is 2.36. The van der Waals surface area contributed by atoms with Crippen molar-refractivity contribution >= 4 is 23.4 Å². The van der Waals surface area contributed by atoms with E-state index in [0.29, 0.717) is 25.2 Å². The van der Waals surface area contributed by atoms with E-state index in [1.54, 1.807) is 6.07 Å². The summed E-state index contributed by atoms with van der Waals surface area (Å²) in [6.45, 7) is 1.91. The Balaban J connectivity index is 1.19. The lowest BCUT2D eigenvalue weighted by Gasteiger charge is -2.36. The van der Waals surface area contributed by atoms with E-state index < -0.39 is 0 Å². The Morgan fingerprint density at radius 3 is 2.42 bits per heavy atom. The SMILES string of the molecule is O=C(NC1CCN(C(=O)c2ccoc2)CC1)[C@@H]1CCCC[C@H]1C(=O)N1CCc2ccccc21. The minimum atomic E-state index is -0.274. The van der Waals surface area contributed by atoms with E-state index in [9.17, 15) is 14.4 Å². The summed E-state index contributed by atoms with van der Waals surface area (Å²) < 4.78 is 5.02. The van der Waals surface area contributed by atoms with Crippen molar-refractivity contribution in [1.82, 2.24) is 10.2 Å². The average molecular weight is 450 g/mol. The molecule has 5 rings (SSSR count). The van der Waals surface area contributed by atoms with Gasteiger partial charge in [-0.15, -0.1) is 0 Å². The molecular formula is C26H31N3O4. The zero-order valence-electron chi connectivity index (χ0n) is 18.9. The van der Waals surface area contributed by atoms with Gasteiger partial charge < -0.3 is 19.5 Å². The van der Waals surface area contributed by atoms with Crippen molar-refractivity contribution in [2.24, 2.45) is 11.8 Å². The molecule has 7 nitrogen and oxygen atoms in total. The van der Waals surface area contributed by atoms with Crippen LogP contribution in [0, 0.1) is 11.8 Å². The molecule has 0 unspecified atom stereocenters. The first-order valence-electron chi connectivity index (χ1n) is 12.1. The quantitative estimate of drug-likeness (QED) is 0.776. The molecule has 1 saturated carbocycles. The number of hydrogen-bond acceptors (Lipinski definition) is 4. The van der Waals surface area contributed by atoms with E-state index in [2.05, 4.69) is 11.4 Å². The summed E-state index contributed by atoms with van der Waals surface area (Å²) >= 11 is 0. The van der Waals surface area contributed by atoms with Crippen molar-refractivity contribution in [2.45, 2.75) is 51.0 Å². The molecule has 7 heteroatoms. The number of benzene rings is 1. The highest BCUT2D eigenvalue weighted by Gasteiger charge is 2.40. The molecule has 3 heterocycles. The summed E-state index contributed by atoms with van der Waals surface area (Å²) in [4.78, 5) is 43.0. The molecule has 2 atom stereocenters. The standard InChI is InChI=1S/C26H31N3O4/c30-24(27-20-10-13-28(14-11-20)25(31)19-12-16-33-17-19)21-6-2-3-7-22(21)26(32)29-15-9-18-5-1-4-8-23(18)29/h1,4-5,8,12,16-17,20-22H,2-3,6-7,9-11,13-15H2,(H,27,30)/t21-,22-/m1/s1. The van der Waals surface area contributed by atoms with Gasteiger partial charge in [-0.25, -0.2) is 0 Å². The van der Waals surface area contributed by atoms with Crippen molar-refractivity contribution in [1.29, 1.82) is 0 Å². The summed E-state index contributed by atoms with van der Waals surface area (Å²) in [5.41, 5.74) is 2.77. The Morgan fingerprint density at radius 2 is 1.67 bits per heavy atom. The van der Waals surface area contributed by atoms with Gasteiger partial charge in [0.15, 0.2) is 0 Å². The molecule has 2 fully saturated rings. The van der Waals surface area contributed by atoms with Crippen molar-refractivity contribution in [2.75, 3.05) is 24.5 Å². The molecule has 1 N–H and O–H groups in total. The van der Waals surface area contributed by atoms with Crippen LogP contribution in [0.5, 0.6) is 0 Å². The zero-order valence-corrected chi connectivity index (χ0v) is 18.9. The number of amides is 3. The second kappa shape index (κ2) is 9.41. The van der Waals surface area contributed by atoms with Crippen molar-refractivity contribution in [3.63, 3.8) is 0 Å². The third-order valence-corrected chi connectivity index (χ3v) is 7.47. The molecule has 3 aliphatic rings. The maximum absolute atomic E-state index is 13.5. The van der Waals surface area contributed by atoms with Crippen LogP contribution in [0.4, 0.5) is 5.69 Å². The molecule has 33 heavy (non-hydrogen) atoms. The fourth-order valence-corrected chi connectivity index (χ4v) is 5.61. The van der Waals surface area contributed by atoms with Crippen LogP contribution < -0.4 is 10.2 Å². The predicted octanol–water partition coefficient (Wildman–Crippen LogP) is 3.40. The number of rotatable bonds is 4. The van der Waals surface area contributed by atoms with Crippen LogP contribution in [0.3, 0.4) is 0 Å². The van der Waals surface area contributed by atoms with Gasteiger partial charge in [-0.3, -0.25) is 14.4 Å². The molecular weight excluding hydrogens is 418 g/mol. The van der Waals surface area contributed by atoms with Gasteiger partial charge in [0.25, 0.3) is 5.91 Å². The number of anilines is 1. The number of nitrogens with zero attached hydrogens (tertiary/aromatic N) is 2. The van der Waals surface area contributed by atoms with Gasteiger partial charge in [-0.1, -0.05) is 31.0 Å². The lowest BCUT2D eigenvalue weighted by Crippen LogP contribution is -2.50. The predicted molar refractivity (Wildman–Crippen MR) is 124 cm³/mol. The lowest BCUT2D eigenvalue weighted by atomic mass is 9.77. The molecule has 2 aromatic rings. The number of furan rings is 1. The van der Waals surface area contributed by atoms with Crippen molar-refractivity contribution in [3.05, 3.63) is 54.0 Å². The first-order valence-corrected chi connectivity index (χ1v) is 12.1. The summed E-state index contributed by atoms with van der Waals surface area (Å²) in [5.74, 6) is -0.463. The van der Waals surface area contributed by atoms with E-state index in [-0.39, 0.29) is 35.6 Å². The van der Waals surface area contributed by atoms with E-state index >= 15 is 0 Å². The number of hydrogen-bond donors (Lipinski definition) is 1. The maximum Gasteiger partial charge on any atom is 0.257 e. The largest absolute Gasteiger partial charge is 0.472 e. The molecule has 1 aliphatic carbocycles. The molecule has 1 aromatic heterocycles. The van der Waals surface area contributed by atoms with Crippen LogP contribution in [0.2, 0.25) is 0 Å². The number of fused-ring (bicyclic) bond motifs is 1. The van der Waals surface area contributed by atoms with Crippen LogP contribution in [-0.2, 0) is 16.0 Å². The number of likely N-dealkylation sites (tertiary alicyclic amines) is 1. The van der Waals surface area contributed by atoms with Crippen LogP contribution >= 0.6 is 0 Å². The highest BCUT2D eigenvalue weighted by molar-refractivity contribution is 5.99. The first kappa shape index (κ1) is 21.7. The lowest BCUT2D eigenvalue weighted by molar-refractivity contribution is -0.135. The van der Waals surface area contributed by atoms with Gasteiger partial charge in [0, 0.05) is 37.3 Å². The third-order valence-electron chi connectivity index (χ3n) is 7.47. The molecule has 0 radical (unpaired) electrons. The average Bonchev–Trinajstić information content (AvgIpc) is 3.54. The van der Waals surface area contributed by atoms with E-state index in [4.69, 9.17) is 4.42 Å². The molecule has 1 saturated heterocycles. The first-order chi connectivity index (χ1) is 16.1. The zero-order chi connectivity index (χ0) is 22.8. The Hall–Kier alpha value is -3.09. The van der Waals surface area contributed by atoms with Gasteiger partial charge in [0.1, 0.15) is 6.26 Å². The second-order valence-corrected chi connectivity index (χ2v) is 9.45. The van der Waals surface area contributed by atoms with E-state index in [1.165, 1.54) is 18.1 Å². The number of para-hydroxylation sites is 1. The van der Waals surface area contributed by atoms with Gasteiger partial charge in [0.2, 0.25) is 11.8 Å². The summed E-state index contributed by atoms with van der Waals surface area (Å²) in [7, 11) is 0. The molecule has 0 bridgehead atoms. The Bertz CT molecular complexity index is 1010. The van der Waals surface area contributed by atoms with Crippen molar-refractivity contribution in [3.8, 4) is 0 Å². The number of carbonyl (C=O) groups is 3. The van der Waals surface area contributed by atoms with E-state index in [1.807, 2.05) is 28.0 Å². The minimum Gasteiger partial charge on any atom is -0.472 e. The monoisotopic (exact) mass is 449 g/mol. The van der Waals surface area contributed by atoms with Crippen LogP contribution in [-0.4, -0.2) is 48.3 Å². The Labute approximate surface area is 194 Å². The number of piperidine rings is 1. The normalized spacial score (nSPS) is 23.3. The van der Waals surface area contributed by atoms with E-state index in [0.717, 1.165) is 50.6 Å². The molecule has 1 aromatic carbocycles. The van der Waals surface area contributed by atoms with Gasteiger partial charge in [0.05, 0.1) is 17.7 Å². The minimum absolute atomic E-state index is 0.000133. The Morgan fingerprint density at radius 1 is 0.909 bits per heavy atom. The topological polar surface area (TPSA) is 82.9 Å². The van der Waals surface area contributed by atoms with Crippen LogP contribution in [0.15, 0.2) is 47.3 Å². The molecule has 2 aliphatic heterocycles. The second-order valence-electron chi connectivity index (χ2n) is 9.45. The van der Waals surface area contributed by atoms with Crippen LogP contribution in [0.1, 0.15) is 54.4 Å². The Kier molecular flexibility index (Phi) is 6.20. The summed E-state index contributed by atoms with van der Waals surface area (Å²) in [6.07, 6.45) is 8.79. The third kappa shape index (κ3) is 4.41. The molecule has 3 amide bonds. The summed E-state index contributed by atoms with van der Waals surface area (Å²) in [6, 6.07) is 9.79. The van der Waals surface area contributed by atoms with Gasteiger partial charge in [-0.05, 0) is 49.8 Å². The van der Waals surface area contributed by atoms with Gasteiger partial charge in [-0.2, -0.15) is 0 Å². The van der Waals surface area contributed by atoms with Crippen LogP contribution in [0.25, 0.3) is 0 Å². The van der Waals surface area contributed by atoms with Crippen molar-refractivity contribution < 1.29 is 18.8 Å². The maximum atomic E-state index is 13.5. The molecule has 174 valence electrons. The molecule has 0 spiro atoms. The smallest absolute Gasteiger partial charge is 0.257 e. The number of nitrogens with one attached hydrogen (secondary N) is 1. The highest BCUT2D eigenvalue weighted by atomic mass is 16.3. The fourth-order valence-electron chi connectivity index (χ4n) is 5.61.